The van der Waals surface area contributed by atoms with Crippen LogP contribution < -0.4 is 11.1 Å². The van der Waals surface area contributed by atoms with Crippen molar-refractivity contribution in [1.82, 2.24) is 4.98 Å². The molecule has 0 bridgehead atoms. The highest BCUT2D eigenvalue weighted by atomic mass is 16.4. The van der Waals surface area contributed by atoms with E-state index in [2.05, 4.69) is 27.6 Å². The molecule has 0 amide bonds. The van der Waals surface area contributed by atoms with Crippen molar-refractivity contribution in [1.29, 1.82) is 0 Å². The summed E-state index contributed by atoms with van der Waals surface area (Å²) >= 11 is 0. The third-order valence-electron chi connectivity index (χ3n) is 3.64. The number of nitrogens with zero attached hydrogens (tertiary/aromatic N) is 2. The Morgan fingerprint density at radius 3 is 2.79 bits per heavy atom. The van der Waals surface area contributed by atoms with E-state index in [-0.39, 0.29) is 5.84 Å². The number of nitrogens with one attached hydrogen (secondary N) is 1. The van der Waals surface area contributed by atoms with Gasteiger partial charge in [0.25, 0.3) is 0 Å². The molecule has 2 aromatic carbocycles. The zero-order valence-corrected chi connectivity index (χ0v) is 13.1. The molecule has 5 nitrogen and oxygen atoms in total. The molecule has 120 valence electrons. The third kappa shape index (κ3) is 3.89. The lowest BCUT2D eigenvalue weighted by atomic mass is 10.1. The molecule has 1 heterocycles. The zero-order valence-electron chi connectivity index (χ0n) is 13.1. The van der Waals surface area contributed by atoms with Crippen LogP contribution in [0.3, 0.4) is 0 Å². The van der Waals surface area contributed by atoms with Crippen molar-refractivity contribution in [2.45, 2.75) is 6.54 Å². The zero-order chi connectivity index (χ0) is 16.8. The number of hydrogen-bond donors (Lipinski definition) is 3. The van der Waals surface area contributed by atoms with Crippen LogP contribution in [0.25, 0.3) is 17.0 Å². The molecule has 0 aliphatic rings. The molecule has 0 aliphatic heterocycles. The number of nitrogens with two attached hydrogens (primary N) is 1. The van der Waals surface area contributed by atoms with E-state index in [0.717, 1.165) is 28.7 Å². The summed E-state index contributed by atoms with van der Waals surface area (Å²) in [6.07, 6.45) is 5.14. The maximum absolute atomic E-state index is 8.50. The number of aromatic nitrogens is 1. The minimum absolute atomic E-state index is 0.0755. The lowest BCUT2D eigenvalue weighted by Crippen LogP contribution is -2.06. The number of amidine groups is 1. The first-order valence-electron chi connectivity index (χ1n) is 7.58. The second kappa shape index (κ2) is 7.28. The van der Waals surface area contributed by atoms with Gasteiger partial charge in [-0.15, -0.1) is 0 Å². The molecule has 4 N–H and O–H groups in total. The van der Waals surface area contributed by atoms with Crippen molar-refractivity contribution < 1.29 is 5.21 Å². The smallest absolute Gasteiger partial charge is 0.162 e. The van der Waals surface area contributed by atoms with Gasteiger partial charge >= 0.3 is 0 Å². The molecule has 0 saturated carbocycles. The Bertz CT molecular complexity index is 885. The van der Waals surface area contributed by atoms with Crippen LogP contribution in [-0.2, 0) is 6.54 Å². The van der Waals surface area contributed by atoms with E-state index in [4.69, 9.17) is 10.9 Å². The molecule has 0 spiro atoms. The third-order valence-corrected chi connectivity index (χ3v) is 3.64. The minimum atomic E-state index is 0.0755. The average molecular weight is 318 g/mol. The largest absolute Gasteiger partial charge is 0.409 e. The highest BCUT2D eigenvalue weighted by Crippen LogP contribution is 2.18. The summed E-state index contributed by atoms with van der Waals surface area (Å²) in [5.74, 6) is 0.0755. The maximum Gasteiger partial charge on any atom is 0.162 e. The van der Waals surface area contributed by atoms with Crippen molar-refractivity contribution in [3.63, 3.8) is 0 Å². The number of anilines is 1. The molecule has 0 unspecified atom stereocenters. The number of pyridine rings is 1. The first kappa shape index (κ1) is 15.6. The fraction of sp³-hybridized carbons (Fsp3) is 0.0526. The van der Waals surface area contributed by atoms with E-state index in [1.807, 2.05) is 42.5 Å². The number of oxime groups is 1. The molecule has 0 saturated heterocycles. The Kier molecular flexibility index (Phi) is 4.72. The van der Waals surface area contributed by atoms with Crippen molar-refractivity contribution >= 4 is 28.5 Å². The quantitative estimate of drug-likeness (QED) is 0.290. The summed E-state index contributed by atoms with van der Waals surface area (Å²) in [6.45, 7) is 0.732. The van der Waals surface area contributed by atoms with Gasteiger partial charge in [-0.3, -0.25) is 4.98 Å². The second-order valence-electron chi connectivity index (χ2n) is 5.36. The van der Waals surface area contributed by atoms with E-state index >= 15 is 0 Å². The highest BCUT2D eigenvalue weighted by Gasteiger charge is 1.98. The van der Waals surface area contributed by atoms with Crippen molar-refractivity contribution in [2.24, 2.45) is 10.9 Å². The van der Waals surface area contributed by atoms with Crippen LogP contribution in [-0.4, -0.2) is 16.0 Å². The summed E-state index contributed by atoms with van der Waals surface area (Å²) in [7, 11) is 0. The molecular weight excluding hydrogens is 300 g/mol. The van der Waals surface area contributed by atoms with Crippen LogP contribution in [0, 0.1) is 0 Å². The Labute approximate surface area is 140 Å². The Morgan fingerprint density at radius 2 is 2.00 bits per heavy atom. The van der Waals surface area contributed by atoms with Gasteiger partial charge in [-0.2, -0.15) is 0 Å². The Balaban J connectivity index is 1.64. The fourth-order valence-electron chi connectivity index (χ4n) is 2.35. The normalized spacial score (nSPS) is 11.9. The molecular formula is C19H18N4O. The van der Waals surface area contributed by atoms with Gasteiger partial charge in [0.15, 0.2) is 5.84 Å². The standard InChI is InChI=1S/C19H18N4O/c20-19(23-24)10-7-14-3-5-15(6-4-14)13-22-17-8-9-18-16(12-17)2-1-11-21-18/h1-12,22,24H,13H2,(H2,20,23)/b10-7+. The van der Waals surface area contributed by atoms with Crippen LogP contribution in [0.2, 0.25) is 0 Å². The topological polar surface area (TPSA) is 83.5 Å². The lowest BCUT2D eigenvalue weighted by molar-refractivity contribution is 0.319. The SMILES string of the molecule is NC(/C=C/c1ccc(CNc2ccc3ncccc3c2)cc1)=NO. The second-order valence-corrected chi connectivity index (χ2v) is 5.36. The molecule has 1 aromatic heterocycles. The molecule has 5 heteroatoms. The van der Waals surface area contributed by atoms with Gasteiger partial charge in [-0.1, -0.05) is 41.6 Å². The average Bonchev–Trinajstić information content (AvgIpc) is 2.65. The van der Waals surface area contributed by atoms with Crippen molar-refractivity contribution in [3.8, 4) is 0 Å². The predicted octanol–water partition coefficient (Wildman–Crippen LogP) is 3.61. The first-order valence-corrected chi connectivity index (χ1v) is 7.58. The molecule has 0 radical (unpaired) electrons. The predicted molar refractivity (Wildman–Crippen MR) is 98.0 cm³/mol. The fourth-order valence-corrected chi connectivity index (χ4v) is 2.35. The first-order chi connectivity index (χ1) is 11.7. The molecule has 3 aromatic rings. The number of benzene rings is 2. The molecule has 0 atom stereocenters. The molecule has 0 fully saturated rings. The number of hydrogen-bond acceptors (Lipinski definition) is 4. The molecule has 24 heavy (non-hydrogen) atoms. The van der Waals surface area contributed by atoms with Gasteiger partial charge in [0.1, 0.15) is 0 Å². The van der Waals surface area contributed by atoms with E-state index in [1.165, 1.54) is 5.56 Å². The summed E-state index contributed by atoms with van der Waals surface area (Å²) < 4.78 is 0. The highest BCUT2D eigenvalue weighted by molar-refractivity contribution is 5.94. The van der Waals surface area contributed by atoms with E-state index in [0.29, 0.717) is 0 Å². The summed E-state index contributed by atoms with van der Waals surface area (Å²) in [6, 6.07) is 18.2. The Hall–Kier alpha value is -3.34. The maximum atomic E-state index is 8.50. The summed E-state index contributed by atoms with van der Waals surface area (Å²) in [5, 5.41) is 15.9. The Morgan fingerprint density at radius 1 is 1.17 bits per heavy atom. The van der Waals surface area contributed by atoms with Gasteiger partial charge in [-0.05, 0) is 41.5 Å². The van der Waals surface area contributed by atoms with Gasteiger partial charge in [0.05, 0.1) is 5.52 Å². The van der Waals surface area contributed by atoms with Crippen molar-refractivity contribution in [2.75, 3.05) is 5.32 Å². The number of rotatable bonds is 5. The van der Waals surface area contributed by atoms with Crippen LogP contribution in [0.1, 0.15) is 11.1 Å². The summed E-state index contributed by atoms with van der Waals surface area (Å²) in [5.41, 5.74) is 9.61. The lowest BCUT2D eigenvalue weighted by Gasteiger charge is -2.08. The van der Waals surface area contributed by atoms with Gasteiger partial charge in [0, 0.05) is 23.8 Å². The van der Waals surface area contributed by atoms with Crippen LogP contribution in [0.5, 0.6) is 0 Å². The molecule has 3 rings (SSSR count). The van der Waals surface area contributed by atoms with Crippen LogP contribution in [0.4, 0.5) is 5.69 Å². The van der Waals surface area contributed by atoms with E-state index < -0.39 is 0 Å². The number of fused-ring (bicyclic) bond motifs is 1. The monoisotopic (exact) mass is 318 g/mol. The van der Waals surface area contributed by atoms with Crippen LogP contribution >= 0.6 is 0 Å². The summed E-state index contributed by atoms with van der Waals surface area (Å²) in [4.78, 5) is 4.32. The van der Waals surface area contributed by atoms with Gasteiger partial charge < -0.3 is 16.3 Å². The molecule has 0 aliphatic carbocycles. The van der Waals surface area contributed by atoms with Crippen molar-refractivity contribution in [3.05, 3.63) is 78.0 Å². The van der Waals surface area contributed by atoms with E-state index in [1.54, 1.807) is 18.3 Å². The minimum Gasteiger partial charge on any atom is -0.409 e. The van der Waals surface area contributed by atoms with Gasteiger partial charge in [0.2, 0.25) is 0 Å². The van der Waals surface area contributed by atoms with E-state index in [9.17, 15) is 0 Å². The van der Waals surface area contributed by atoms with Gasteiger partial charge in [-0.25, -0.2) is 0 Å². The van der Waals surface area contributed by atoms with Crippen LogP contribution in [0.15, 0.2) is 72.0 Å².